The quantitative estimate of drug-likeness (QED) is 0.582. The van der Waals surface area contributed by atoms with Crippen molar-refractivity contribution in [3.05, 3.63) is 34.9 Å². The Bertz CT molecular complexity index is 622. The van der Waals surface area contributed by atoms with Gasteiger partial charge >= 0.3 is 0 Å². The predicted octanol–water partition coefficient (Wildman–Crippen LogP) is 3.61. The van der Waals surface area contributed by atoms with Crippen LogP contribution in [0.3, 0.4) is 0 Å². The van der Waals surface area contributed by atoms with E-state index in [1.807, 2.05) is 13.1 Å². The third kappa shape index (κ3) is 4.52. The molecule has 26 heavy (non-hydrogen) atoms. The number of benzene rings is 1. The molecule has 4 nitrogen and oxygen atoms in total. The molecule has 0 aromatic heterocycles. The molecule has 2 fully saturated rings. The van der Waals surface area contributed by atoms with Gasteiger partial charge in [0.2, 0.25) is 0 Å². The molecule has 1 saturated carbocycles. The summed E-state index contributed by atoms with van der Waals surface area (Å²) in [6.45, 7) is 11.1. The topological polar surface area (TPSA) is 30.9 Å². The molecular formula is C21H33ClN4. The van der Waals surface area contributed by atoms with Crippen molar-refractivity contribution >= 4 is 17.6 Å². The monoisotopic (exact) mass is 376 g/mol. The molecule has 0 spiro atoms. The van der Waals surface area contributed by atoms with Crippen LogP contribution in [0, 0.1) is 5.92 Å². The van der Waals surface area contributed by atoms with Crippen LogP contribution in [-0.2, 0) is 5.41 Å². The smallest absolute Gasteiger partial charge is 0.193 e. The average molecular weight is 377 g/mol. The maximum Gasteiger partial charge on any atom is 0.193 e. The SMILES string of the molecule is CCN(CC)CC1CCN(C(=NC)NCC2(c3cccc(Cl)c3)CC2)C1. The van der Waals surface area contributed by atoms with Crippen LogP contribution in [-0.4, -0.2) is 62.1 Å². The van der Waals surface area contributed by atoms with Crippen LogP contribution >= 0.6 is 11.6 Å². The van der Waals surface area contributed by atoms with Gasteiger partial charge in [-0.05, 0) is 56.0 Å². The first-order chi connectivity index (χ1) is 12.6. The van der Waals surface area contributed by atoms with Gasteiger partial charge in [-0.25, -0.2) is 0 Å². The minimum Gasteiger partial charge on any atom is -0.355 e. The Morgan fingerprint density at radius 1 is 1.35 bits per heavy atom. The summed E-state index contributed by atoms with van der Waals surface area (Å²) < 4.78 is 0. The van der Waals surface area contributed by atoms with Crippen LogP contribution in [0.2, 0.25) is 5.02 Å². The minimum atomic E-state index is 0.237. The second-order valence-electron chi connectivity index (χ2n) is 7.78. The lowest BCUT2D eigenvalue weighted by Crippen LogP contribution is -2.43. The van der Waals surface area contributed by atoms with Crippen LogP contribution < -0.4 is 5.32 Å². The third-order valence-corrected chi connectivity index (χ3v) is 6.32. The van der Waals surface area contributed by atoms with Crippen LogP contribution in [0.15, 0.2) is 29.3 Å². The van der Waals surface area contributed by atoms with Crippen molar-refractivity contribution in [2.24, 2.45) is 10.9 Å². The fourth-order valence-corrected chi connectivity index (χ4v) is 4.33. The fraction of sp³-hybridized carbons (Fsp3) is 0.667. The number of nitrogens with zero attached hydrogens (tertiary/aromatic N) is 3. The second-order valence-corrected chi connectivity index (χ2v) is 8.21. The van der Waals surface area contributed by atoms with Gasteiger partial charge in [0.1, 0.15) is 0 Å². The number of hydrogen-bond acceptors (Lipinski definition) is 2. The fourth-order valence-electron chi connectivity index (χ4n) is 4.14. The number of halogens is 1. The molecule has 1 N–H and O–H groups in total. The summed E-state index contributed by atoms with van der Waals surface area (Å²) in [5, 5.41) is 4.48. The zero-order chi connectivity index (χ0) is 18.6. The number of aliphatic imine (C=N–C) groups is 1. The van der Waals surface area contributed by atoms with Crippen molar-refractivity contribution in [2.45, 2.75) is 38.5 Å². The number of likely N-dealkylation sites (tertiary alicyclic amines) is 1. The summed E-state index contributed by atoms with van der Waals surface area (Å²) >= 11 is 6.20. The van der Waals surface area contributed by atoms with Gasteiger partial charge in [0.15, 0.2) is 5.96 Å². The number of nitrogens with one attached hydrogen (secondary N) is 1. The molecule has 1 aromatic rings. The van der Waals surface area contributed by atoms with E-state index in [-0.39, 0.29) is 5.41 Å². The first-order valence-electron chi connectivity index (χ1n) is 10.0. The normalized spacial score (nSPS) is 22.1. The summed E-state index contributed by atoms with van der Waals surface area (Å²) in [5.74, 6) is 1.80. The number of hydrogen-bond donors (Lipinski definition) is 1. The Hall–Kier alpha value is -1.26. The summed E-state index contributed by atoms with van der Waals surface area (Å²) in [5.41, 5.74) is 1.59. The number of rotatable bonds is 7. The maximum absolute atomic E-state index is 6.20. The minimum absolute atomic E-state index is 0.237. The number of guanidine groups is 1. The predicted molar refractivity (Wildman–Crippen MR) is 111 cm³/mol. The Morgan fingerprint density at radius 3 is 2.73 bits per heavy atom. The molecule has 1 aliphatic heterocycles. The molecule has 0 bridgehead atoms. The molecule has 1 aromatic carbocycles. The van der Waals surface area contributed by atoms with Crippen molar-refractivity contribution in [2.75, 3.05) is 46.3 Å². The molecule has 0 radical (unpaired) electrons. The first-order valence-corrected chi connectivity index (χ1v) is 10.4. The molecule has 0 amide bonds. The van der Waals surface area contributed by atoms with Crippen molar-refractivity contribution in [1.29, 1.82) is 0 Å². The molecule has 1 aliphatic carbocycles. The molecular weight excluding hydrogens is 344 g/mol. The summed E-state index contributed by atoms with van der Waals surface area (Å²) in [6.07, 6.45) is 3.71. The van der Waals surface area contributed by atoms with Gasteiger partial charge in [-0.1, -0.05) is 37.6 Å². The Kier molecular flexibility index (Phi) is 6.46. The molecule has 2 aliphatic rings. The van der Waals surface area contributed by atoms with E-state index >= 15 is 0 Å². The highest BCUT2D eigenvalue weighted by Gasteiger charge is 2.44. The van der Waals surface area contributed by atoms with Crippen LogP contribution in [0.5, 0.6) is 0 Å². The Balaban J connectivity index is 1.54. The van der Waals surface area contributed by atoms with E-state index < -0.39 is 0 Å². The zero-order valence-electron chi connectivity index (χ0n) is 16.5. The lowest BCUT2D eigenvalue weighted by atomic mass is 9.96. The van der Waals surface area contributed by atoms with Crippen molar-refractivity contribution in [3.63, 3.8) is 0 Å². The summed E-state index contributed by atoms with van der Waals surface area (Å²) in [4.78, 5) is 9.52. The van der Waals surface area contributed by atoms with Crippen LogP contribution in [0.1, 0.15) is 38.7 Å². The van der Waals surface area contributed by atoms with Crippen molar-refractivity contribution in [3.8, 4) is 0 Å². The molecule has 1 saturated heterocycles. The third-order valence-electron chi connectivity index (χ3n) is 6.08. The molecule has 1 unspecified atom stereocenters. The standard InChI is InChI=1S/C21H33ClN4/c1-4-25(5-2)14-17-9-12-26(15-17)20(23-3)24-16-21(10-11-21)18-7-6-8-19(22)13-18/h6-8,13,17H,4-5,9-12,14-16H2,1-3H3,(H,23,24). The van der Waals surface area contributed by atoms with E-state index in [4.69, 9.17) is 11.6 Å². The van der Waals surface area contributed by atoms with E-state index in [9.17, 15) is 0 Å². The van der Waals surface area contributed by atoms with E-state index in [0.29, 0.717) is 0 Å². The van der Waals surface area contributed by atoms with Crippen molar-refractivity contribution < 1.29 is 0 Å². The second kappa shape index (κ2) is 8.62. The molecule has 5 heteroatoms. The van der Waals surface area contributed by atoms with Gasteiger partial charge in [-0.2, -0.15) is 0 Å². The van der Waals surface area contributed by atoms with Gasteiger partial charge in [0.05, 0.1) is 0 Å². The first kappa shape index (κ1) is 19.5. The summed E-state index contributed by atoms with van der Waals surface area (Å²) in [6, 6.07) is 8.34. The lowest BCUT2D eigenvalue weighted by Gasteiger charge is -2.26. The van der Waals surface area contributed by atoms with Gasteiger partial charge in [-0.15, -0.1) is 0 Å². The largest absolute Gasteiger partial charge is 0.355 e. The van der Waals surface area contributed by atoms with E-state index in [2.05, 4.69) is 52.2 Å². The highest BCUT2D eigenvalue weighted by Crippen LogP contribution is 2.48. The zero-order valence-corrected chi connectivity index (χ0v) is 17.2. The van der Waals surface area contributed by atoms with Gasteiger partial charge in [0, 0.05) is 43.7 Å². The van der Waals surface area contributed by atoms with Crippen molar-refractivity contribution in [1.82, 2.24) is 15.1 Å². The van der Waals surface area contributed by atoms with Crippen LogP contribution in [0.4, 0.5) is 0 Å². The van der Waals surface area contributed by atoms with E-state index in [1.54, 1.807) is 0 Å². The maximum atomic E-state index is 6.20. The van der Waals surface area contributed by atoms with Gasteiger partial charge in [0.25, 0.3) is 0 Å². The summed E-state index contributed by atoms with van der Waals surface area (Å²) in [7, 11) is 1.90. The van der Waals surface area contributed by atoms with Crippen LogP contribution in [0.25, 0.3) is 0 Å². The van der Waals surface area contributed by atoms with E-state index in [0.717, 1.165) is 49.6 Å². The van der Waals surface area contributed by atoms with E-state index in [1.165, 1.54) is 31.4 Å². The molecule has 3 rings (SSSR count). The molecule has 1 atom stereocenters. The highest BCUT2D eigenvalue weighted by molar-refractivity contribution is 6.30. The van der Waals surface area contributed by atoms with Gasteiger partial charge in [-0.3, -0.25) is 4.99 Å². The average Bonchev–Trinajstić information content (AvgIpc) is 3.31. The Labute approximate surface area is 163 Å². The highest BCUT2D eigenvalue weighted by atomic mass is 35.5. The molecule has 144 valence electrons. The van der Waals surface area contributed by atoms with Gasteiger partial charge < -0.3 is 15.1 Å². The Morgan fingerprint density at radius 2 is 2.12 bits per heavy atom. The lowest BCUT2D eigenvalue weighted by molar-refractivity contribution is 0.255. The molecule has 1 heterocycles.